The van der Waals surface area contributed by atoms with E-state index in [1.54, 1.807) is 11.3 Å². The van der Waals surface area contributed by atoms with Crippen LogP contribution in [0.5, 0.6) is 0 Å². The first-order valence-electron chi connectivity index (χ1n) is 6.53. The number of nitrogens with zero attached hydrogens (tertiary/aromatic N) is 1. The van der Waals surface area contributed by atoms with E-state index in [4.69, 9.17) is 12.2 Å². The smallest absolute Gasteiger partial charge is 0.161 e. The Morgan fingerprint density at radius 2 is 1.70 bits per heavy atom. The molecule has 100 valence electrons. The molecule has 0 unspecified atom stereocenters. The number of benzene rings is 2. The lowest BCUT2D eigenvalue weighted by Gasteiger charge is -2.09. The van der Waals surface area contributed by atoms with Gasteiger partial charge < -0.3 is 4.57 Å². The second-order valence-electron chi connectivity index (χ2n) is 4.82. The molecule has 2 aromatic carbocycles. The number of hydrogen-bond donors (Lipinski definition) is 0. The minimum Gasteiger partial charge on any atom is -0.318 e. The van der Waals surface area contributed by atoms with Gasteiger partial charge in [-0.15, -0.1) is 11.3 Å². The van der Waals surface area contributed by atoms with Crippen LogP contribution in [0.15, 0.2) is 60.0 Å². The van der Waals surface area contributed by atoms with Crippen LogP contribution in [0, 0.1) is 10.9 Å². The summed E-state index contributed by atoms with van der Waals surface area (Å²) in [4.78, 5) is 0. The van der Waals surface area contributed by atoms with E-state index in [2.05, 4.69) is 65.4 Å². The van der Waals surface area contributed by atoms with Crippen molar-refractivity contribution in [2.75, 3.05) is 0 Å². The monoisotopic (exact) mass is 297 g/mol. The summed E-state index contributed by atoms with van der Waals surface area (Å²) in [6.45, 7) is 2.93. The molecular weight excluding hydrogens is 282 g/mol. The molecule has 0 spiro atoms. The molecule has 3 rings (SSSR count). The van der Waals surface area contributed by atoms with Gasteiger partial charge >= 0.3 is 0 Å². The maximum atomic E-state index is 5.48. The van der Waals surface area contributed by atoms with E-state index in [0.717, 1.165) is 10.5 Å². The van der Waals surface area contributed by atoms with Crippen LogP contribution in [0.3, 0.4) is 0 Å². The molecule has 0 atom stereocenters. The maximum Gasteiger partial charge on any atom is 0.161 e. The lowest BCUT2D eigenvalue weighted by Crippen LogP contribution is -2.01. The molecule has 1 heterocycles. The molecule has 0 saturated heterocycles. The summed E-state index contributed by atoms with van der Waals surface area (Å²) < 4.78 is 3.13. The van der Waals surface area contributed by atoms with Crippen molar-refractivity contribution in [3.8, 4) is 11.3 Å². The molecule has 0 aliphatic carbocycles. The second kappa shape index (κ2) is 5.73. The molecule has 0 aliphatic rings. The Labute approximate surface area is 128 Å². The van der Waals surface area contributed by atoms with E-state index < -0.39 is 0 Å². The zero-order chi connectivity index (χ0) is 13.9. The van der Waals surface area contributed by atoms with Gasteiger partial charge in [-0.3, -0.25) is 0 Å². The molecule has 0 amide bonds. The van der Waals surface area contributed by atoms with Crippen molar-refractivity contribution in [3.63, 3.8) is 0 Å². The molecule has 1 aromatic heterocycles. The second-order valence-corrected chi connectivity index (χ2v) is 6.33. The fourth-order valence-corrected chi connectivity index (χ4v) is 3.26. The van der Waals surface area contributed by atoms with E-state index >= 15 is 0 Å². The number of hydrogen-bond acceptors (Lipinski definition) is 2. The number of rotatable bonds is 3. The van der Waals surface area contributed by atoms with Crippen molar-refractivity contribution < 1.29 is 0 Å². The normalized spacial score (nSPS) is 10.7. The molecule has 0 N–H and O–H groups in total. The summed E-state index contributed by atoms with van der Waals surface area (Å²) >= 11 is 7.11. The van der Waals surface area contributed by atoms with Gasteiger partial charge in [0.05, 0.1) is 5.69 Å². The van der Waals surface area contributed by atoms with Crippen molar-refractivity contribution in [2.45, 2.75) is 13.5 Å². The Bertz CT molecular complexity index is 752. The van der Waals surface area contributed by atoms with Crippen LogP contribution in [0.4, 0.5) is 0 Å². The number of aryl methyl sites for hydroxylation is 1. The fourth-order valence-electron chi connectivity index (χ4n) is 2.19. The lowest BCUT2D eigenvalue weighted by molar-refractivity contribution is 0.808. The molecule has 0 fully saturated rings. The Kier molecular flexibility index (Phi) is 3.81. The average molecular weight is 297 g/mol. The average Bonchev–Trinajstić information content (AvgIpc) is 2.84. The first kappa shape index (κ1) is 13.3. The molecular formula is C17H15NS2. The Morgan fingerprint density at radius 3 is 2.40 bits per heavy atom. The van der Waals surface area contributed by atoms with Crippen LogP contribution in [-0.2, 0) is 6.54 Å². The molecule has 1 nitrogen and oxygen atoms in total. The number of thiazole rings is 1. The highest BCUT2D eigenvalue weighted by molar-refractivity contribution is 7.73. The molecule has 0 radical (unpaired) electrons. The van der Waals surface area contributed by atoms with Gasteiger partial charge in [0.15, 0.2) is 3.95 Å². The Balaban J connectivity index is 2.00. The molecule has 0 aliphatic heterocycles. The van der Waals surface area contributed by atoms with E-state index in [1.165, 1.54) is 22.4 Å². The fraction of sp³-hybridized carbons (Fsp3) is 0.118. The van der Waals surface area contributed by atoms with Gasteiger partial charge in [-0.25, -0.2) is 0 Å². The molecule has 0 bridgehead atoms. The first-order valence-corrected chi connectivity index (χ1v) is 7.82. The molecule has 20 heavy (non-hydrogen) atoms. The largest absolute Gasteiger partial charge is 0.318 e. The van der Waals surface area contributed by atoms with E-state index in [-0.39, 0.29) is 0 Å². The highest BCUT2D eigenvalue weighted by Crippen LogP contribution is 2.24. The Hall–Kier alpha value is -1.71. The quantitative estimate of drug-likeness (QED) is 0.594. The van der Waals surface area contributed by atoms with Gasteiger partial charge in [0, 0.05) is 11.9 Å². The van der Waals surface area contributed by atoms with Gasteiger partial charge in [-0.2, -0.15) is 0 Å². The zero-order valence-electron chi connectivity index (χ0n) is 11.2. The van der Waals surface area contributed by atoms with Crippen LogP contribution in [0.2, 0.25) is 0 Å². The highest BCUT2D eigenvalue weighted by Gasteiger charge is 2.07. The minimum absolute atomic E-state index is 0.826. The molecule has 3 aromatic rings. The summed E-state index contributed by atoms with van der Waals surface area (Å²) in [6, 6.07) is 19.0. The summed E-state index contributed by atoms with van der Waals surface area (Å²) in [5.74, 6) is 0. The van der Waals surface area contributed by atoms with Crippen LogP contribution in [-0.4, -0.2) is 4.57 Å². The van der Waals surface area contributed by atoms with Crippen LogP contribution < -0.4 is 0 Å². The summed E-state index contributed by atoms with van der Waals surface area (Å²) in [6.07, 6.45) is 0. The first-order chi connectivity index (χ1) is 9.74. The van der Waals surface area contributed by atoms with Gasteiger partial charge in [-0.05, 0) is 30.3 Å². The summed E-state index contributed by atoms with van der Waals surface area (Å²) in [7, 11) is 0. The topological polar surface area (TPSA) is 4.93 Å². The third-order valence-corrected chi connectivity index (χ3v) is 4.59. The van der Waals surface area contributed by atoms with E-state index in [0.29, 0.717) is 0 Å². The molecule has 3 heteroatoms. The SMILES string of the molecule is Cc1ccc(Cn2c(-c3ccccc3)csc2=S)cc1. The minimum atomic E-state index is 0.826. The lowest BCUT2D eigenvalue weighted by atomic mass is 10.1. The van der Waals surface area contributed by atoms with Crippen molar-refractivity contribution in [3.05, 3.63) is 75.1 Å². The number of aromatic nitrogens is 1. The highest BCUT2D eigenvalue weighted by atomic mass is 32.1. The summed E-state index contributed by atoms with van der Waals surface area (Å²) in [5.41, 5.74) is 4.97. The van der Waals surface area contributed by atoms with Crippen molar-refractivity contribution in [1.82, 2.24) is 4.57 Å². The maximum absolute atomic E-state index is 5.48. The van der Waals surface area contributed by atoms with Gasteiger partial charge in [0.25, 0.3) is 0 Å². The van der Waals surface area contributed by atoms with Crippen molar-refractivity contribution in [1.29, 1.82) is 0 Å². The van der Waals surface area contributed by atoms with Crippen LogP contribution >= 0.6 is 23.6 Å². The predicted octanol–water partition coefficient (Wildman–Crippen LogP) is 5.30. The van der Waals surface area contributed by atoms with Crippen molar-refractivity contribution >= 4 is 23.6 Å². The van der Waals surface area contributed by atoms with Gasteiger partial charge in [0.2, 0.25) is 0 Å². The van der Waals surface area contributed by atoms with Crippen molar-refractivity contribution in [2.24, 2.45) is 0 Å². The third kappa shape index (κ3) is 2.74. The molecule has 0 saturated carbocycles. The van der Waals surface area contributed by atoms with Gasteiger partial charge in [0.1, 0.15) is 0 Å². The van der Waals surface area contributed by atoms with Gasteiger partial charge in [-0.1, -0.05) is 60.2 Å². The zero-order valence-corrected chi connectivity index (χ0v) is 12.9. The van der Waals surface area contributed by atoms with Crippen LogP contribution in [0.25, 0.3) is 11.3 Å². The Morgan fingerprint density at radius 1 is 1.00 bits per heavy atom. The van der Waals surface area contributed by atoms with E-state index in [1.807, 2.05) is 6.07 Å². The standard InChI is InChI=1S/C17H15NS2/c1-13-7-9-14(10-8-13)11-18-16(12-20-17(18)19)15-5-3-2-4-6-15/h2-10,12H,11H2,1H3. The third-order valence-electron chi connectivity index (χ3n) is 3.31. The predicted molar refractivity (Wildman–Crippen MR) is 88.9 cm³/mol. The van der Waals surface area contributed by atoms with Crippen LogP contribution in [0.1, 0.15) is 11.1 Å². The summed E-state index contributed by atoms with van der Waals surface area (Å²) in [5, 5.41) is 2.14. The van der Waals surface area contributed by atoms with E-state index in [9.17, 15) is 0 Å².